The third kappa shape index (κ3) is 1.96. The molecule has 3 aromatic rings. The quantitative estimate of drug-likeness (QED) is 0.700. The zero-order chi connectivity index (χ0) is 12.7. The van der Waals surface area contributed by atoms with Gasteiger partial charge in [-0.2, -0.15) is 0 Å². The van der Waals surface area contributed by atoms with Crippen molar-refractivity contribution in [2.75, 3.05) is 5.32 Å². The molecule has 92 valence electrons. The van der Waals surface area contributed by atoms with Gasteiger partial charge in [0, 0.05) is 0 Å². The Labute approximate surface area is 118 Å². The van der Waals surface area contributed by atoms with Gasteiger partial charge >= 0.3 is 0 Å². The topological polar surface area (TPSA) is 40.7 Å². The highest BCUT2D eigenvalue weighted by Crippen LogP contribution is 2.34. The Kier molecular flexibility index (Phi) is 2.93. The van der Waals surface area contributed by atoms with Crippen LogP contribution in [0.4, 0.5) is 11.6 Å². The molecule has 6 heteroatoms. The molecule has 0 atom stereocenters. The van der Waals surface area contributed by atoms with Crippen LogP contribution in [0.3, 0.4) is 0 Å². The predicted molar refractivity (Wildman–Crippen MR) is 78.5 cm³/mol. The van der Waals surface area contributed by atoms with Crippen molar-refractivity contribution in [3.63, 3.8) is 0 Å². The van der Waals surface area contributed by atoms with Crippen LogP contribution in [-0.4, -0.2) is 9.97 Å². The third-order valence-electron chi connectivity index (χ3n) is 2.64. The predicted octanol–water partition coefficient (Wildman–Crippen LogP) is 4.98. The highest BCUT2D eigenvalue weighted by atomic mass is 35.5. The van der Waals surface area contributed by atoms with Crippen molar-refractivity contribution in [3.05, 3.63) is 38.5 Å². The number of hydrogen-bond acceptors (Lipinski definition) is 3. The van der Waals surface area contributed by atoms with Crippen LogP contribution in [0, 0.1) is 6.92 Å². The number of rotatable bonds is 2. The van der Waals surface area contributed by atoms with Gasteiger partial charge in [0.15, 0.2) is 0 Å². The van der Waals surface area contributed by atoms with Crippen LogP contribution in [0.5, 0.6) is 0 Å². The molecule has 0 saturated heterocycles. The van der Waals surface area contributed by atoms with Gasteiger partial charge in [0.2, 0.25) is 5.95 Å². The van der Waals surface area contributed by atoms with E-state index in [1.807, 2.05) is 30.5 Å². The lowest BCUT2D eigenvalue weighted by molar-refractivity contribution is 1.30. The smallest absolute Gasteiger partial charge is 0.205 e. The number of halogens is 2. The summed E-state index contributed by atoms with van der Waals surface area (Å²) in [6.45, 7) is 2.00. The Balaban J connectivity index is 2.03. The number of hydrogen-bond donors (Lipinski definition) is 2. The average molecular weight is 298 g/mol. The molecule has 0 unspecified atom stereocenters. The number of thiophene rings is 1. The third-order valence-corrected chi connectivity index (χ3v) is 4.28. The van der Waals surface area contributed by atoms with Gasteiger partial charge in [-0.1, -0.05) is 29.3 Å². The minimum Gasteiger partial charge on any atom is -0.324 e. The molecule has 18 heavy (non-hydrogen) atoms. The molecule has 2 N–H and O–H groups in total. The van der Waals surface area contributed by atoms with E-state index in [2.05, 4.69) is 15.3 Å². The molecule has 0 bridgehead atoms. The van der Waals surface area contributed by atoms with E-state index in [0.717, 1.165) is 26.6 Å². The molecule has 0 saturated carbocycles. The summed E-state index contributed by atoms with van der Waals surface area (Å²) in [5.74, 6) is 0.640. The zero-order valence-corrected chi connectivity index (χ0v) is 11.7. The summed E-state index contributed by atoms with van der Waals surface area (Å²) in [6.07, 6.45) is 0. The fourth-order valence-electron chi connectivity index (χ4n) is 1.74. The van der Waals surface area contributed by atoms with E-state index in [0.29, 0.717) is 11.0 Å². The number of nitrogens with one attached hydrogen (secondary N) is 2. The fraction of sp³-hybridized carbons (Fsp3) is 0.0833. The summed E-state index contributed by atoms with van der Waals surface area (Å²) in [4.78, 5) is 7.59. The molecule has 0 aliphatic heterocycles. The Bertz CT molecular complexity index is 698. The van der Waals surface area contributed by atoms with Gasteiger partial charge in [0.1, 0.15) is 9.85 Å². The van der Waals surface area contributed by atoms with Crippen molar-refractivity contribution in [1.29, 1.82) is 0 Å². The molecule has 2 heterocycles. The Hall–Kier alpha value is -1.23. The molecular weight excluding hydrogens is 289 g/mol. The van der Waals surface area contributed by atoms with Gasteiger partial charge in [0.25, 0.3) is 0 Å². The molecule has 3 rings (SSSR count). The highest BCUT2D eigenvalue weighted by molar-refractivity contribution is 7.15. The van der Waals surface area contributed by atoms with Gasteiger partial charge in [-0.3, -0.25) is 0 Å². The van der Waals surface area contributed by atoms with Crippen molar-refractivity contribution in [2.24, 2.45) is 0 Å². The van der Waals surface area contributed by atoms with E-state index in [9.17, 15) is 0 Å². The van der Waals surface area contributed by atoms with Crippen LogP contribution < -0.4 is 5.32 Å². The monoisotopic (exact) mass is 297 g/mol. The van der Waals surface area contributed by atoms with Crippen LogP contribution >= 0.6 is 34.5 Å². The lowest BCUT2D eigenvalue weighted by atomic mass is 10.3. The average Bonchev–Trinajstić information content (AvgIpc) is 2.89. The van der Waals surface area contributed by atoms with Crippen molar-refractivity contribution in [1.82, 2.24) is 9.97 Å². The maximum absolute atomic E-state index is 6.11. The summed E-state index contributed by atoms with van der Waals surface area (Å²) in [5.41, 5.74) is 3.63. The fourth-order valence-corrected chi connectivity index (χ4v) is 3.01. The van der Waals surface area contributed by atoms with Crippen molar-refractivity contribution in [3.8, 4) is 0 Å². The van der Waals surface area contributed by atoms with Crippen LogP contribution in [0.25, 0.3) is 11.0 Å². The summed E-state index contributed by atoms with van der Waals surface area (Å²) < 4.78 is 0.721. The number of H-pyrrole nitrogens is 1. The molecule has 2 aromatic heterocycles. The van der Waals surface area contributed by atoms with Gasteiger partial charge < -0.3 is 10.3 Å². The summed E-state index contributed by atoms with van der Waals surface area (Å²) in [6, 6.07) is 5.63. The van der Waals surface area contributed by atoms with E-state index in [-0.39, 0.29) is 0 Å². The van der Waals surface area contributed by atoms with Gasteiger partial charge in [-0.05, 0) is 30.0 Å². The zero-order valence-electron chi connectivity index (χ0n) is 9.42. The van der Waals surface area contributed by atoms with Crippen LogP contribution in [0.1, 0.15) is 5.56 Å². The number of aromatic amines is 1. The second kappa shape index (κ2) is 4.46. The first kappa shape index (κ1) is 11.8. The number of para-hydroxylation sites is 1. The summed E-state index contributed by atoms with van der Waals surface area (Å²) in [7, 11) is 0. The normalized spacial score (nSPS) is 11.1. The lowest BCUT2D eigenvalue weighted by Gasteiger charge is -2.01. The Morgan fingerprint density at radius 2 is 2.17 bits per heavy atom. The summed E-state index contributed by atoms with van der Waals surface area (Å²) in [5, 5.41) is 5.82. The molecule has 0 aliphatic rings. The van der Waals surface area contributed by atoms with E-state index < -0.39 is 0 Å². The minimum atomic E-state index is 0.630. The molecule has 1 aromatic carbocycles. The van der Waals surface area contributed by atoms with Gasteiger partial charge in [-0.25, -0.2) is 4.98 Å². The molecular formula is C12H9Cl2N3S. The second-order valence-electron chi connectivity index (χ2n) is 3.91. The largest absolute Gasteiger partial charge is 0.324 e. The first-order valence-corrected chi connectivity index (χ1v) is 6.93. The standard InChI is InChI=1S/C12H9Cl2N3S/c1-6-5-18-11(14)9(6)16-12-15-8-4-2-3-7(13)10(8)17-12/h2-5H,1H3,(H2,15,16,17). The van der Waals surface area contributed by atoms with Crippen molar-refractivity contribution < 1.29 is 0 Å². The van der Waals surface area contributed by atoms with Crippen molar-refractivity contribution in [2.45, 2.75) is 6.92 Å². The Morgan fingerprint density at radius 3 is 2.83 bits per heavy atom. The number of aryl methyl sites for hydroxylation is 1. The molecule has 0 fully saturated rings. The summed E-state index contributed by atoms with van der Waals surface area (Å²) >= 11 is 13.7. The van der Waals surface area contributed by atoms with Crippen LogP contribution in [0.2, 0.25) is 9.36 Å². The number of benzene rings is 1. The van der Waals surface area contributed by atoms with Crippen molar-refractivity contribution >= 4 is 57.2 Å². The van der Waals surface area contributed by atoms with E-state index >= 15 is 0 Å². The molecule has 0 spiro atoms. The maximum atomic E-state index is 6.11. The maximum Gasteiger partial charge on any atom is 0.205 e. The molecule has 3 nitrogen and oxygen atoms in total. The van der Waals surface area contributed by atoms with Gasteiger partial charge in [-0.15, -0.1) is 11.3 Å². The van der Waals surface area contributed by atoms with E-state index in [1.165, 1.54) is 11.3 Å². The number of imidazole rings is 1. The van der Waals surface area contributed by atoms with E-state index in [4.69, 9.17) is 23.2 Å². The lowest BCUT2D eigenvalue weighted by Crippen LogP contribution is -1.92. The van der Waals surface area contributed by atoms with Crippen LogP contribution in [0.15, 0.2) is 23.6 Å². The number of anilines is 2. The highest BCUT2D eigenvalue weighted by Gasteiger charge is 2.10. The molecule has 0 amide bonds. The number of fused-ring (bicyclic) bond motifs is 1. The first-order valence-electron chi connectivity index (χ1n) is 5.30. The molecule has 0 aliphatic carbocycles. The van der Waals surface area contributed by atoms with Gasteiger partial charge in [0.05, 0.1) is 16.2 Å². The SMILES string of the molecule is Cc1csc(Cl)c1Nc1nc2c(Cl)cccc2[nH]1. The Morgan fingerprint density at radius 1 is 1.33 bits per heavy atom. The second-order valence-corrected chi connectivity index (χ2v) is 5.80. The number of nitrogens with zero attached hydrogens (tertiary/aromatic N) is 1. The molecule has 0 radical (unpaired) electrons. The first-order chi connectivity index (χ1) is 8.65. The minimum absolute atomic E-state index is 0.630. The van der Waals surface area contributed by atoms with Crippen LogP contribution in [-0.2, 0) is 0 Å². The number of aromatic nitrogens is 2. The van der Waals surface area contributed by atoms with E-state index in [1.54, 1.807) is 0 Å².